The van der Waals surface area contributed by atoms with E-state index in [2.05, 4.69) is 18.8 Å². The fourth-order valence-corrected chi connectivity index (χ4v) is 4.59. The zero-order valence-electron chi connectivity index (χ0n) is 10.0. The van der Waals surface area contributed by atoms with E-state index in [0.717, 1.165) is 5.69 Å². The lowest BCUT2D eigenvalue weighted by Crippen LogP contribution is -2.14. The van der Waals surface area contributed by atoms with Crippen LogP contribution in [0.2, 0.25) is 0 Å². The molecule has 0 bridgehead atoms. The molecule has 6 heteroatoms. The summed E-state index contributed by atoms with van der Waals surface area (Å²) in [6.07, 6.45) is 4.14. The van der Waals surface area contributed by atoms with Crippen LogP contribution in [0.3, 0.4) is 0 Å². The van der Waals surface area contributed by atoms with Gasteiger partial charge in [0.05, 0.1) is 28.9 Å². The molecule has 0 N–H and O–H groups in total. The summed E-state index contributed by atoms with van der Waals surface area (Å²) in [6.45, 7) is 4.11. The standard InChI is InChI=1S/C11H17ClN2O2S/c1-8(2)14-7-13-5-10(14)11(12)9-3-4-17(15,16)6-9/h5,7-9,11H,3-4,6H2,1-2H3. The van der Waals surface area contributed by atoms with E-state index in [0.29, 0.717) is 6.42 Å². The van der Waals surface area contributed by atoms with Crippen molar-refractivity contribution in [1.29, 1.82) is 0 Å². The average Bonchev–Trinajstić information content (AvgIpc) is 2.82. The van der Waals surface area contributed by atoms with Crippen LogP contribution >= 0.6 is 11.6 Å². The number of imidazole rings is 1. The molecule has 1 aliphatic rings. The van der Waals surface area contributed by atoms with Gasteiger partial charge in [-0.25, -0.2) is 13.4 Å². The molecule has 0 saturated carbocycles. The Hall–Kier alpha value is -0.550. The predicted octanol–water partition coefficient (Wildman–Crippen LogP) is 2.18. The second kappa shape index (κ2) is 4.61. The molecule has 0 spiro atoms. The van der Waals surface area contributed by atoms with Crippen molar-refractivity contribution in [3.8, 4) is 0 Å². The van der Waals surface area contributed by atoms with Crippen LogP contribution in [0.5, 0.6) is 0 Å². The first-order valence-corrected chi connectivity index (χ1v) is 8.02. The number of alkyl halides is 1. The van der Waals surface area contributed by atoms with E-state index in [1.54, 1.807) is 12.5 Å². The molecule has 2 atom stereocenters. The summed E-state index contributed by atoms with van der Waals surface area (Å²) in [4.78, 5) is 4.10. The Kier molecular flexibility index (Phi) is 3.50. The van der Waals surface area contributed by atoms with E-state index in [4.69, 9.17) is 11.6 Å². The predicted molar refractivity (Wildman–Crippen MR) is 68.0 cm³/mol. The molecule has 1 saturated heterocycles. The molecular weight excluding hydrogens is 260 g/mol. The maximum absolute atomic E-state index is 11.5. The first-order valence-electron chi connectivity index (χ1n) is 5.77. The van der Waals surface area contributed by atoms with E-state index in [9.17, 15) is 8.42 Å². The van der Waals surface area contributed by atoms with Crippen LogP contribution in [-0.4, -0.2) is 29.5 Å². The molecule has 1 aromatic heterocycles. The van der Waals surface area contributed by atoms with Crippen LogP contribution in [0, 0.1) is 5.92 Å². The second-order valence-corrected chi connectivity index (χ2v) is 7.58. The van der Waals surface area contributed by atoms with Crippen LogP contribution in [-0.2, 0) is 9.84 Å². The summed E-state index contributed by atoms with van der Waals surface area (Å²) in [5.74, 6) is 0.470. The van der Waals surface area contributed by atoms with E-state index in [1.165, 1.54) is 0 Å². The van der Waals surface area contributed by atoms with E-state index >= 15 is 0 Å². The van der Waals surface area contributed by atoms with Crippen LogP contribution in [0.25, 0.3) is 0 Å². The van der Waals surface area contributed by atoms with Gasteiger partial charge in [0.2, 0.25) is 0 Å². The minimum absolute atomic E-state index is 0.0101. The van der Waals surface area contributed by atoms with E-state index < -0.39 is 9.84 Å². The summed E-state index contributed by atoms with van der Waals surface area (Å²) in [7, 11) is -2.88. The Morgan fingerprint density at radius 3 is 2.76 bits per heavy atom. The van der Waals surface area contributed by atoms with Crippen molar-refractivity contribution in [1.82, 2.24) is 9.55 Å². The Bertz CT molecular complexity index is 495. The van der Waals surface area contributed by atoms with Crippen LogP contribution in [0.15, 0.2) is 12.5 Å². The summed E-state index contributed by atoms with van der Waals surface area (Å²) < 4.78 is 24.9. The highest BCUT2D eigenvalue weighted by Crippen LogP contribution is 2.36. The molecule has 4 nitrogen and oxygen atoms in total. The van der Waals surface area contributed by atoms with Gasteiger partial charge in [-0.2, -0.15) is 0 Å². The Morgan fingerprint density at radius 2 is 2.24 bits per heavy atom. The van der Waals surface area contributed by atoms with Crippen molar-refractivity contribution in [3.05, 3.63) is 18.2 Å². The quantitative estimate of drug-likeness (QED) is 0.795. The van der Waals surface area contributed by atoms with Gasteiger partial charge in [0.1, 0.15) is 0 Å². The van der Waals surface area contributed by atoms with Crippen molar-refractivity contribution < 1.29 is 8.42 Å². The highest BCUT2D eigenvalue weighted by molar-refractivity contribution is 7.91. The third-order valence-corrected chi connectivity index (χ3v) is 5.59. The molecule has 1 aliphatic heterocycles. The molecule has 0 aliphatic carbocycles. The first kappa shape index (κ1) is 12.9. The summed E-state index contributed by atoms with van der Waals surface area (Å²) in [5, 5.41) is -0.267. The third-order valence-electron chi connectivity index (χ3n) is 3.22. The number of aromatic nitrogens is 2. The number of rotatable bonds is 3. The minimum Gasteiger partial charge on any atom is -0.331 e. The van der Waals surface area contributed by atoms with Crippen molar-refractivity contribution in [2.24, 2.45) is 5.92 Å². The van der Waals surface area contributed by atoms with Gasteiger partial charge >= 0.3 is 0 Å². The summed E-state index contributed by atoms with van der Waals surface area (Å²) in [5.41, 5.74) is 0.920. The SMILES string of the molecule is CC(C)n1cncc1C(Cl)C1CCS(=O)(=O)C1. The van der Waals surface area contributed by atoms with E-state index in [1.807, 2.05) is 4.57 Å². The molecule has 2 heterocycles. The molecule has 96 valence electrons. The Morgan fingerprint density at radius 1 is 1.53 bits per heavy atom. The number of hydrogen-bond donors (Lipinski definition) is 0. The normalized spacial score (nSPS) is 25.3. The topological polar surface area (TPSA) is 52.0 Å². The van der Waals surface area contributed by atoms with Gasteiger partial charge in [-0.05, 0) is 26.2 Å². The molecule has 2 unspecified atom stereocenters. The zero-order chi connectivity index (χ0) is 12.6. The van der Waals surface area contributed by atoms with Crippen LogP contribution in [0.4, 0.5) is 0 Å². The molecular formula is C11H17ClN2O2S. The maximum Gasteiger partial charge on any atom is 0.150 e. The number of sulfone groups is 1. The van der Waals surface area contributed by atoms with Gasteiger partial charge < -0.3 is 4.57 Å². The molecule has 17 heavy (non-hydrogen) atoms. The fourth-order valence-electron chi connectivity index (χ4n) is 2.26. The fraction of sp³-hybridized carbons (Fsp3) is 0.727. The van der Waals surface area contributed by atoms with Crippen molar-refractivity contribution >= 4 is 21.4 Å². The number of nitrogens with zero attached hydrogens (tertiary/aromatic N) is 2. The molecule has 1 fully saturated rings. The molecule has 0 radical (unpaired) electrons. The van der Waals surface area contributed by atoms with Crippen LogP contribution in [0.1, 0.15) is 37.4 Å². The van der Waals surface area contributed by atoms with Crippen molar-refractivity contribution in [2.45, 2.75) is 31.7 Å². The van der Waals surface area contributed by atoms with Gasteiger partial charge in [-0.15, -0.1) is 11.6 Å². The highest BCUT2D eigenvalue weighted by Gasteiger charge is 2.34. The van der Waals surface area contributed by atoms with Gasteiger partial charge in [-0.3, -0.25) is 0 Å². The van der Waals surface area contributed by atoms with Crippen molar-refractivity contribution in [2.75, 3.05) is 11.5 Å². The largest absolute Gasteiger partial charge is 0.331 e. The zero-order valence-corrected chi connectivity index (χ0v) is 11.6. The lowest BCUT2D eigenvalue weighted by atomic mass is 10.0. The number of hydrogen-bond acceptors (Lipinski definition) is 3. The second-order valence-electron chi connectivity index (χ2n) is 4.88. The first-order chi connectivity index (χ1) is 7.91. The van der Waals surface area contributed by atoms with Gasteiger partial charge in [-0.1, -0.05) is 0 Å². The minimum atomic E-state index is -2.88. The molecule has 0 amide bonds. The van der Waals surface area contributed by atoms with E-state index in [-0.39, 0.29) is 28.8 Å². The lowest BCUT2D eigenvalue weighted by Gasteiger charge is -2.19. The van der Waals surface area contributed by atoms with Gasteiger partial charge in [0.15, 0.2) is 9.84 Å². The molecule has 0 aromatic carbocycles. The average molecular weight is 277 g/mol. The Balaban J connectivity index is 2.20. The van der Waals surface area contributed by atoms with Gasteiger partial charge in [0.25, 0.3) is 0 Å². The molecule has 2 rings (SSSR count). The maximum atomic E-state index is 11.5. The van der Waals surface area contributed by atoms with Gasteiger partial charge in [0, 0.05) is 12.2 Å². The summed E-state index contributed by atoms with van der Waals surface area (Å²) >= 11 is 6.41. The Labute approximate surface area is 107 Å². The smallest absolute Gasteiger partial charge is 0.150 e. The highest BCUT2D eigenvalue weighted by atomic mass is 35.5. The van der Waals surface area contributed by atoms with Crippen LogP contribution < -0.4 is 0 Å². The third kappa shape index (κ3) is 2.65. The number of halogens is 1. The van der Waals surface area contributed by atoms with Crippen molar-refractivity contribution in [3.63, 3.8) is 0 Å². The monoisotopic (exact) mass is 276 g/mol. The molecule has 1 aromatic rings. The summed E-state index contributed by atoms with van der Waals surface area (Å²) in [6, 6.07) is 0.284. The lowest BCUT2D eigenvalue weighted by molar-refractivity contribution is 0.509.